The van der Waals surface area contributed by atoms with Crippen LogP contribution in [0, 0.1) is 6.92 Å². The maximum absolute atomic E-state index is 4.43. The number of hydrogen-bond acceptors (Lipinski definition) is 1. The van der Waals surface area contributed by atoms with Gasteiger partial charge in [0.25, 0.3) is 0 Å². The highest BCUT2D eigenvalue weighted by molar-refractivity contribution is 4.98. The Bertz CT molecular complexity index is 228. The molecule has 0 N–H and O–H groups in total. The van der Waals surface area contributed by atoms with Crippen molar-refractivity contribution in [2.45, 2.75) is 45.6 Å². The van der Waals surface area contributed by atoms with Crippen molar-refractivity contribution in [3.05, 3.63) is 24.9 Å². The molecule has 0 fully saturated rings. The predicted molar refractivity (Wildman–Crippen MR) is 55.4 cm³/mol. The maximum atomic E-state index is 4.43. The summed E-state index contributed by atoms with van der Waals surface area (Å²) in [4.78, 5) is 0. The highest BCUT2D eigenvalue weighted by Crippen LogP contribution is 2.05. The molecule has 1 aromatic rings. The van der Waals surface area contributed by atoms with E-state index in [4.69, 9.17) is 0 Å². The van der Waals surface area contributed by atoms with Gasteiger partial charge in [-0.15, -0.1) is 0 Å². The Morgan fingerprint density at radius 2 is 2.23 bits per heavy atom. The number of nitrogens with zero attached hydrogens (tertiary/aromatic N) is 2. The third kappa shape index (κ3) is 3.62. The minimum atomic E-state index is 0.971. The molecule has 0 bridgehead atoms. The van der Waals surface area contributed by atoms with E-state index in [1.165, 1.54) is 25.0 Å². The van der Waals surface area contributed by atoms with Crippen LogP contribution in [-0.4, -0.2) is 9.78 Å². The van der Waals surface area contributed by atoms with E-state index in [0.717, 1.165) is 19.4 Å². The zero-order valence-electron chi connectivity index (χ0n) is 8.50. The second-order valence-corrected chi connectivity index (χ2v) is 3.33. The fourth-order valence-corrected chi connectivity index (χ4v) is 1.37. The summed E-state index contributed by atoms with van der Waals surface area (Å²) in [5.41, 5.74) is 1.23. The molecule has 0 spiro atoms. The average molecular weight is 179 g/mol. The van der Waals surface area contributed by atoms with Crippen LogP contribution in [0.2, 0.25) is 0 Å². The Kier molecular flexibility index (Phi) is 4.58. The van der Waals surface area contributed by atoms with Crippen LogP contribution in [0.3, 0.4) is 0 Å². The predicted octanol–water partition coefficient (Wildman–Crippen LogP) is 2.84. The molecule has 0 atom stereocenters. The van der Waals surface area contributed by atoms with Crippen molar-refractivity contribution >= 4 is 0 Å². The topological polar surface area (TPSA) is 17.8 Å². The highest BCUT2D eigenvalue weighted by Gasteiger charge is 1.96. The van der Waals surface area contributed by atoms with E-state index in [2.05, 4.69) is 31.2 Å². The van der Waals surface area contributed by atoms with Crippen LogP contribution in [0.5, 0.6) is 0 Å². The van der Waals surface area contributed by atoms with Gasteiger partial charge in [0.1, 0.15) is 0 Å². The van der Waals surface area contributed by atoms with Crippen LogP contribution in [0.15, 0.2) is 12.3 Å². The van der Waals surface area contributed by atoms with Crippen LogP contribution in [-0.2, 0) is 13.0 Å². The summed E-state index contributed by atoms with van der Waals surface area (Å²) in [5, 5.41) is 4.43. The molecule has 0 unspecified atom stereocenters. The zero-order valence-corrected chi connectivity index (χ0v) is 8.50. The van der Waals surface area contributed by atoms with Gasteiger partial charge in [-0.1, -0.05) is 26.2 Å². The Morgan fingerprint density at radius 3 is 2.85 bits per heavy atom. The lowest BCUT2D eigenvalue weighted by atomic mass is 10.1. The second-order valence-electron chi connectivity index (χ2n) is 3.33. The van der Waals surface area contributed by atoms with E-state index in [1.807, 2.05) is 4.68 Å². The van der Waals surface area contributed by atoms with E-state index in [9.17, 15) is 0 Å². The van der Waals surface area contributed by atoms with Crippen molar-refractivity contribution in [3.63, 3.8) is 0 Å². The Balaban J connectivity index is 2.20. The average Bonchev–Trinajstić information content (AvgIpc) is 2.60. The van der Waals surface area contributed by atoms with E-state index < -0.39 is 0 Å². The molecule has 0 amide bonds. The van der Waals surface area contributed by atoms with E-state index in [-0.39, 0.29) is 0 Å². The molecule has 1 aromatic heterocycles. The SMILES string of the molecule is [CH2]CCCCCc1ccn(CC)n1. The first-order chi connectivity index (χ1) is 6.36. The standard InChI is InChI=1S/C11H19N2/c1-3-5-6-7-8-11-9-10-13(4-2)12-11/h9-10H,1,3-8H2,2H3. The maximum Gasteiger partial charge on any atom is 0.0624 e. The largest absolute Gasteiger partial charge is 0.273 e. The highest BCUT2D eigenvalue weighted by atomic mass is 15.3. The van der Waals surface area contributed by atoms with Crippen LogP contribution < -0.4 is 0 Å². The molecule has 0 saturated heterocycles. The monoisotopic (exact) mass is 179 g/mol. The molecule has 0 saturated carbocycles. The molecule has 0 aliphatic carbocycles. The molecular weight excluding hydrogens is 160 g/mol. The summed E-state index contributed by atoms with van der Waals surface area (Å²) in [6.45, 7) is 6.91. The number of aromatic nitrogens is 2. The van der Waals surface area contributed by atoms with Crippen molar-refractivity contribution < 1.29 is 0 Å². The molecule has 1 radical (unpaired) electrons. The molecule has 2 heteroatoms. The number of rotatable bonds is 6. The van der Waals surface area contributed by atoms with Crippen LogP contribution in [0.4, 0.5) is 0 Å². The summed E-state index contributed by atoms with van der Waals surface area (Å²) in [7, 11) is 0. The molecule has 1 rings (SSSR count). The smallest absolute Gasteiger partial charge is 0.0624 e. The Morgan fingerprint density at radius 1 is 1.38 bits per heavy atom. The first kappa shape index (κ1) is 10.3. The number of hydrogen-bond donors (Lipinski definition) is 0. The fourth-order valence-electron chi connectivity index (χ4n) is 1.37. The van der Waals surface area contributed by atoms with Gasteiger partial charge in [-0.25, -0.2) is 0 Å². The summed E-state index contributed by atoms with van der Waals surface area (Å²) < 4.78 is 1.98. The lowest BCUT2D eigenvalue weighted by molar-refractivity contribution is 0.628. The molecule has 2 nitrogen and oxygen atoms in total. The first-order valence-electron chi connectivity index (χ1n) is 5.18. The first-order valence-corrected chi connectivity index (χ1v) is 5.18. The lowest BCUT2D eigenvalue weighted by Gasteiger charge is -1.96. The van der Waals surface area contributed by atoms with Crippen molar-refractivity contribution in [2.75, 3.05) is 0 Å². The third-order valence-corrected chi connectivity index (χ3v) is 2.20. The minimum absolute atomic E-state index is 0.971. The minimum Gasteiger partial charge on any atom is -0.273 e. The van der Waals surface area contributed by atoms with Gasteiger partial charge in [-0.2, -0.15) is 5.10 Å². The number of aryl methyl sites for hydroxylation is 2. The van der Waals surface area contributed by atoms with Gasteiger partial charge in [0.05, 0.1) is 5.69 Å². The van der Waals surface area contributed by atoms with Crippen LogP contribution in [0.1, 0.15) is 38.3 Å². The van der Waals surface area contributed by atoms with E-state index in [0.29, 0.717) is 0 Å². The normalized spacial score (nSPS) is 10.6. The third-order valence-electron chi connectivity index (χ3n) is 2.20. The molecule has 1 heterocycles. The second kappa shape index (κ2) is 5.79. The van der Waals surface area contributed by atoms with Gasteiger partial charge in [0.15, 0.2) is 0 Å². The van der Waals surface area contributed by atoms with Crippen LogP contribution in [0.25, 0.3) is 0 Å². The molecular formula is C11H19N2. The van der Waals surface area contributed by atoms with Crippen molar-refractivity contribution in [3.8, 4) is 0 Å². The van der Waals surface area contributed by atoms with Crippen molar-refractivity contribution in [1.29, 1.82) is 0 Å². The van der Waals surface area contributed by atoms with Gasteiger partial charge in [0, 0.05) is 12.7 Å². The summed E-state index contributed by atoms with van der Waals surface area (Å²) in [6, 6.07) is 2.12. The summed E-state index contributed by atoms with van der Waals surface area (Å²) in [5.74, 6) is 0. The van der Waals surface area contributed by atoms with Crippen LogP contribution >= 0.6 is 0 Å². The molecule has 73 valence electrons. The summed E-state index contributed by atoms with van der Waals surface area (Å²) >= 11 is 0. The van der Waals surface area contributed by atoms with Gasteiger partial charge in [-0.05, 0) is 25.8 Å². The quantitative estimate of drug-likeness (QED) is 0.614. The van der Waals surface area contributed by atoms with Gasteiger partial charge < -0.3 is 0 Å². The number of unbranched alkanes of at least 4 members (excludes halogenated alkanes) is 3. The Labute approximate surface area is 81.0 Å². The van der Waals surface area contributed by atoms with E-state index in [1.54, 1.807) is 0 Å². The molecule has 0 aliphatic rings. The molecule has 13 heavy (non-hydrogen) atoms. The van der Waals surface area contributed by atoms with Gasteiger partial charge in [0.2, 0.25) is 0 Å². The molecule has 0 aliphatic heterocycles. The van der Waals surface area contributed by atoms with E-state index >= 15 is 0 Å². The lowest BCUT2D eigenvalue weighted by Crippen LogP contribution is -1.95. The zero-order chi connectivity index (χ0) is 9.52. The fraction of sp³-hybridized carbons (Fsp3) is 0.636. The van der Waals surface area contributed by atoms with Crippen molar-refractivity contribution in [1.82, 2.24) is 9.78 Å². The van der Waals surface area contributed by atoms with Crippen molar-refractivity contribution in [2.24, 2.45) is 0 Å². The van der Waals surface area contributed by atoms with Gasteiger partial charge in [-0.3, -0.25) is 4.68 Å². The Hall–Kier alpha value is -0.790. The van der Waals surface area contributed by atoms with Gasteiger partial charge >= 0.3 is 0 Å². The molecule has 0 aromatic carbocycles. The summed E-state index contributed by atoms with van der Waals surface area (Å²) in [6.07, 6.45) is 8.00.